The fraction of sp³-hybridized carbons (Fsp3) is 0.438. The summed E-state index contributed by atoms with van der Waals surface area (Å²) in [6, 6.07) is 15.8. The summed E-state index contributed by atoms with van der Waals surface area (Å²) in [6.07, 6.45) is 1.29. The van der Waals surface area contributed by atoms with Crippen LogP contribution in [0.2, 0.25) is 5.02 Å². The van der Waals surface area contributed by atoms with Gasteiger partial charge in [0.15, 0.2) is 5.16 Å². The molecule has 2 aliphatic heterocycles. The molecule has 0 N–H and O–H groups in total. The molecule has 0 spiro atoms. The molecule has 0 atom stereocenters. The van der Waals surface area contributed by atoms with Crippen LogP contribution >= 0.6 is 23.4 Å². The van der Waals surface area contributed by atoms with Crippen molar-refractivity contribution in [1.29, 1.82) is 0 Å². The van der Waals surface area contributed by atoms with Crippen molar-refractivity contribution in [3.8, 4) is 0 Å². The third-order valence-electron chi connectivity index (χ3n) is 8.09. The number of anilines is 2. The van der Waals surface area contributed by atoms with Crippen molar-refractivity contribution in [3.05, 3.63) is 75.9 Å². The summed E-state index contributed by atoms with van der Waals surface area (Å²) in [7, 11) is 0. The van der Waals surface area contributed by atoms with Crippen LogP contribution in [0, 0.1) is 19.8 Å². The maximum Gasteiger partial charge on any atom is 0.309 e. The summed E-state index contributed by atoms with van der Waals surface area (Å²) in [4.78, 5) is 41.3. The molecule has 8 nitrogen and oxygen atoms in total. The van der Waals surface area contributed by atoms with Gasteiger partial charge in [-0.3, -0.25) is 9.59 Å². The standard InChI is InChI=1S/C32H38ClN5O3S/c1-4-41-31(40)26-13-15-38(16-14-26)30(39)25-11-9-24(10-12-25)21-42-32-34-23(3)22(2)29(35-32)37-19-17-36(18-20-37)28-8-6-5-7-27(28)33/h5-12,26H,4,13-21H2,1-3H3. The number of para-hydroxylation sites is 1. The Hall–Kier alpha value is -3.30. The van der Waals surface area contributed by atoms with Crippen LogP contribution in [0.5, 0.6) is 0 Å². The Morgan fingerprint density at radius 1 is 0.929 bits per heavy atom. The van der Waals surface area contributed by atoms with E-state index in [9.17, 15) is 9.59 Å². The van der Waals surface area contributed by atoms with Gasteiger partial charge >= 0.3 is 5.97 Å². The Morgan fingerprint density at radius 2 is 1.60 bits per heavy atom. The number of piperidine rings is 1. The van der Waals surface area contributed by atoms with Gasteiger partial charge in [-0.15, -0.1) is 0 Å². The van der Waals surface area contributed by atoms with E-state index < -0.39 is 0 Å². The van der Waals surface area contributed by atoms with Crippen molar-refractivity contribution in [2.75, 3.05) is 55.7 Å². The number of carbonyl (C=O) groups excluding carboxylic acids is 2. The predicted molar refractivity (Wildman–Crippen MR) is 169 cm³/mol. The Kier molecular flexibility index (Phi) is 9.90. The van der Waals surface area contributed by atoms with E-state index in [1.165, 1.54) is 0 Å². The SMILES string of the molecule is CCOC(=O)C1CCN(C(=O)c2ccc(CSc3nc(C)c(C)c(N4CCN(c5ccccc5Cl)CC4)n3)cc2)CC1. The molecule has 1 amide bonds. The Labute approximate surface area is 257 Å². The first kappa shape index (κ1) is 30.2. The number of nitrogens with zero attached hydrogens (tertiary/aromatic N) is 5. The molecule has 1 aromatic heterocycles. The van der Waals surface area contributed by atoms with Crippen LogP contribution in [0.3, 0.4) is 0 Å². The molecule has 0 radical (unpaired) electrons. The Balaban J connectivity index is 1.16. The second kappa shape index (κ2) is 13.8. The van der Waals surface area contributed by atoms with Gasteiger partial charge in [0.25, 0.3) is 5.91 Å². The molecule has 2 fully saturated rings. The fourth-order valence-electron chi connectivity index (χ4n) is 5.48. The molecule has 2 saturated heterocycles. The van der Waals surface area contributed by atoms with Crippen molar-refractivity contribution in [2.24, 2.45) is 5.92 Å². The number of rotatable bonds is 8. The normalized spacial score (nSPS) is 16.0. The van der Waals surface area contributed by atoms with E-state index in [2.05, 4.69) is 22.8 Å². The van der Waals surface area contributed by atoms with Crippen LogP contribution in [0.25, 0.3) is 0 Å². The number of ether oxygens (including phenoxy) is 1. The molecular formula is C32H38ClN5O3S. The molecule has 2 aromatic carbocycles. The highest BCUT2D eigenvalue weighted by Crippen LogP contribution is 2.30. The van der Waals surface area contributed by atoms with Crippen molar-refractivity contribution in [1.82, 2.24) is 14.9 Å². The van der Waals surface area contributed by atoms with E-state index in [-0.39, 0.29) is 17.8 Å². The molecule has 5 rings (SSSR count). The average Bonchev–Trinajstić information content (AvgIpc) is 3.02. The first-order valence-electron chi connectivity index (χ1n) is 14.6. The highest BCUT2D eigenvalue weighted by atomic mass is 35.5. The second-order valence-corrected chi connectivity index (χ2v) is 12.1. The second-order valence-electron chi connectivity index (χ2n) is 10.8. The first-order valence-corrected chi connectivity index (χ1v) is 16.0. The maximum absolute atomic E-state index is 13.0. The quantitative estimate of drug-likeness (QED) is 0.181. The predicted octanol–water partition coefficient (Wildman–Crippen LogP) is 5.78. The van der Waals surface area contributed by atoms with Crippen molar-refractivity contribution in [2.45, 2.75) is 44.5 Å². The number of aryl methyl sites for hydroxylation is 1. The van der Waals surface area contributed by atoms with Crippen LogP contribution in [0.4, 0.5) is 11.5 Å². The van der Waals surface area contributed by atoms with Crippen LogP contribution in [-0.2, 0) is 15.3 Å². The number of amides is 1. The summed E-state index contributed by atoms with van der Waals surface area (Å²) in [6.45, 7) is 11.0. The molecule has 222 valence electrons. The summed E-state index contributed by atoms with van der Waals surface area (Å²) in [5, 5.41) is 1.54. The van der Waals surface area contributed by atoms with E-state index >= 15 is 0 Å². The zero-order valence-electron chi connectivity index (χ0n) is 24.5. The van der Waals surface area contributed by atoms with E-state index in [4.69, 9.17) is 26.3 Å². The van der Waals surface area contributed by atoms with Gasteiger partial charge in [0.1, 0.15) is 5.82 Å². The number of likely N-dealkylation sites (tertiary alicyclic amines) is 1. The van der Waals surface area contributed by atoms with Crippen molar-refractivity contribution < 1.29 is 14.3 Å². The molecule has 42 heavy (non-hydrogen) atoms. The summed E-state index contributed by atoms with van der Waals surface area (Å²) in [5.74, 6) is 1.45. The van der Waals surface area contributed by atoms with Gasteiger partial charge in [0.05, 0.1) is 23.2 Å². The molecule has 0 saturated carbocycles. The Bertz CT molecular complexity index is 1400. The first-order chi connectivity index (χ1) is 20.3. The number of hydrogen-bond acceptors (Lipinski definition) is 8. The Morgan fingerprint density at radius 3 is 2.26 bits per heavy atom. The molecule has 2 aliphatic rings. The van der Waals surface area contributed by atoms with Crippen molar-refractivity contribution >= 4 is 46.7 Å². The molecule has 0 unspecified atom stereocenters. The minimum atomic E-state index is -0.151. The van der Waals surface area contributed by atoms with Gasteiger partial charge in [0, 0.05) is 61.8 Å². The fourth-order valence-corrected chi connectivity index (χ4v) is 6.58. The zero-order chi connectivity index (χ0) is 29.6. The van der Waals surface area contributed by atoms with Gasteiger partial charge in [-0.2, -0.15) is 0 Å². The third-order valence-corrected chi connectivity index (χ3v) is 9.32. The summed E-state index contributed by atoms with van der Waals surface area (Å²) in [5.41, 5.74) is 4.95. The monoisotopic (exact) mass is 607 g/mol. The van der Waals surface area contributed by atoms with Gasteiger partial charge < -0.3 is 19.4 Å². The summed E-state index contributed by atoms with van der Waals surface area (Å²) < 4.78 is 5.14. The number of hydrogen-bond donors (Lipinski definition) is 0. The molecule has 3 heterocycles. The number of thioether (sulfide) groups is 1. The minimum absolute atomic E-state index is 0.00767. The van der Waals surface area contributed by atoms with E-state index in [0.717, 1.165) is 64.7 Å². The lowest BCUT2D eigenvalue weighted by Crippen LogP contribution is -2.47. The summed E-state index contributed by atoms with van der Waals surface area (Å²) >= 11 is 8.04. The van der Waals surface area contributed by atoms with Crippen LogP contribution in [-0.4, -0.2) is 72.6 Å². The number of carbonyl (C=O) groups is 2. The topological polar surface area (TPSA) is 78.9 Å². The van der Waals surface area contributed by atoms with Gasteiger partial charge in [-0.05, 0) is 63.4 Å². The third kappa shape index (κ3) is 7.01. The van der Waals surface area contributed by atoms with Gasteiger partial charge in [-0.1, -0.05) is 47.6 Å². The maximum atomic E-state index is 13.0. The lowest BCUT2D eigenvalue weighted by Gasteiger charge is -2.37. The van der Waals surface area contributed by atoms with Crippen molar-refractivity contribution in [3.63, 3.8) is 0 Å². The van der Waals surface area contributed by atoms with Gasteiger partial charge in [-0.25, -0.2) is 9.97 Å². The van der Waals surface area contributed by atoms with E-state index in [1.807, 2.05) is 61.2 Å². The van der Waals surface area contributed by atoms with Gasteiger partial charge in [0.2, 0.25) is 0 Å². The number of benzene rings is 2. The zero-order valence-corrected chi connectivity index (χ0v) is 26.1. The highest BCUT2D eigenvalue weighted by molar-refractivity contribution is 7.98. The van der Waals surface area contributed by atoms with E-state index in [1.54, 1.807) is 11.8 Å². The smallest absolute Gasteiger partial charge is 0.309 e. The largest absolute Gasteiger partial charge is 0.466 e. The molecule has 10 heteroatoms. The van der Waals surface area contributed by atoms with Crippen LogP contribution in [0.15, 0.2) is 53.7 Å². The number of aromatic nitrogens is 2. The molecule has 0 aliphatic carbocycles. The van der Waals surface area contributed by atoms with Crippen LogP contribution < -0.4 is 9.80 Å². The number of halogens is 1. The lowest BCUT2D eigenvalue weighted by molar-refractivity contribution is -0.149. The number of esters is 1. The average molecular weight is 608 g/mol. The lowest BCUT2D eigenvalue weighted by atomic mass is 9.96. The highest BCUT2D eigenvalue weighted by Gasteiger charge is 2.28. The molecule has 0 bridgehead atoms. The van der Waals surface area contributed by atoms with E-state index in [0.29, 0.717) is 43.9 Å². The molecular weight excluding hydrogens is 570 g/mol. The molecule has 3 aromatic rings. The van der Waals surface area contributed by atoms with Crippen LogP contribution in [0.1, 0.15) is 46.9 Å². The minimum Gasteiger partial charge on any atom is -0.466 e. The number of piperazine rings is 1.